The highest BCUT2D eigenvalue weighted by Gasteiger charge is 2.29. The lowest BCUT2D eigenvalue weighted by Crippen LogP contribution is -2.21. The van der Waals surface area contributed by atoms with E-state index in [1.54, 1.807) is 18.3 Å². The molecule has 0 atom stereocenters. The molecule has 0 saturated heterocycles. The van der Waals surface area contributed by atoms with E-state index in [9.17, 15) is 4.79 Å². The molecule has 0 N–H and O–H groups in total. The summed E-state index contributed by atoms with van der Waals surface area (Å²) in [6, 6.07) is 3.38. The van der Waals surface area contributed by atoms with Gasteiger partial charge in [0.15, 0.2) is 5.75 Å². The number of methoxy groups -OCH3 is 1. The molecule has 0 amide bonds. The quantitative estimate of drug-likeness (QED) is 0.811. The number of pyridine rings is 1. The second kappa shape index (κ2) is 4.29. The van der Waals surface area contributed by atoms with Gasteiger partial charge in [0.2, 0.25) is 11.8 Å². The number of nitrogens with zero attached hydrogens (tertiary/aromatic N) is 3. The molecule has 1 fully saturated rings. The lowest BCUT2D eigenvalue weighted by Gasteiger charge is -2.04. The van der Waals surface area contributed by atoms with Crippen molar-refractivity contribution in [2.24, 2.45) is 0 Å². The minimum Gasteiger partial charge on any atom is -0.491 e. The van der Waals surface area contributed by atoms with E-state index in [4.69, 9.17) is 9.15 Å². The lowest BCUT2D eigenvalue weighted by atomic mass is 10.4. The molecule has 2 aromatic rings. The van der Waals surface area contributed by atoms with E-state index in [0.29, 0.717) is 23.4 Å². The van der Waals surface area contributed by atoms with E-state index >= 15 is 0 Å². The number of hydrogen-bond acceptors (Lipinski definition) is 5. The molecule has 2 heterocycles. The summed E-state index contributed by atoms with van der Waals surface area (Å²) in [6.45, 7) is 0.274. The van der Waals surface area contributed by atoms with Crippen molar-refractivity contribution < 1.29 is 9.15 Å². The fraction of sp³-hybridized carbons (Fsp3) is 0.417. The van der Waals surface area contributed by atoms with Crippen LogP contribution in [0.2, 0.25) is 0 Å². The number of rotatable bonds is 4. The number of ether oxygens (including phenoxy) is 1. The van der Waals surface area contributed by atoms with Crippen molar-refractivity contribution in [3.63, 3.8) is 0 Å². The van der Waals surface area contributed by atoms with Crippen LogP contribution in [-0.4, -0.2) is 21.9 Å². The van der Waals surface area contributed by atoms with Crippen molar-refractivity contribution >= 4 is 0 Å². The van der Waals surface area contributed by atoms with Gasteiger partial charge in [0.05, 0.1) is 7.11 Å². The van der Waals surface area contributed by atoms with Crippen LogP contribution >= 0.6 is 0 Å². The Hall–Kier alpha value is -2.11. The topological polar surface area (TPSA) is 70.2 Å². The van der Waals surface area contributed by atoms with Crippen molar-refractivity contribution in [1.82, 2.24) is 14.8 Å². The van der Waals surface area contributed by atoms with Crippen LogP contribution in [0.15, 0.2) is 27.5 Å². The Balaban J connectivity index is 1.84. The average Bonchev–Trinajstić information content (AvgIpc) is 3.13. The molecule has 6 nitrogen and oxygen atoms in total. The summed E-state index contributed by atoms with van der Waals surface area (Å²) in [6.07, 6.45) is 3.90. The molecule has 6 heteroatoms. The monoisotopic (exact) mass is 247 g/mol. The van der Waals surface area contributed by atoms with Crippen LogP contribution in [-0.2, 0) is 6.54 Å². The Labute approximate surface area is 103 Å². The molecule has 3 rings (SSSR count). The Morgan fingerprint density at radius 2 is 2.33 bits per heavy atom. The molecule has 2 aromatic heterocycles. The van der Waals surface area contributed by atoms with Crippen LogP contribution in [0.1, 0.15) is 30.5 Å². The zero-order valence-electron chi connectivity index (χ0n) is 10.00. The van der Waals surface area contributed by atoms with Crippen molar-refractivity contribution in [1.29, 1.82) is 0 Å². The second-order valence-electron chi connectivity index (χ2n) is 4.32. The second-order valence-corrected chi connectivity index (χ2v) is 4.32. The van der Waals surface area contributed by atoms with Gasteiger partial charge in [-0.25, -0.2) is 0 Å². The number of hydrogen-bond donors (Lipinski definition) is 0. The highest BCUT2D eigenvalue weighted by atomic mass is 16.5. The highest BCUT2D eigenvalue weighted by molar-refractivity contribution is 5.17. The third-order valence-corrected chi connectivity index (χ3v) is 2.92. The lowest BCUT2D eigenvalue weighted by molar-refractivity contribution is 0.398. The van der Waals surface area contributed by atoms with Gasteiger partial charge in [-0.3, -0.25) is 4.79 Å². The van der Waals surface area contributed by atoms with Crippen molar-refractivity contribution in [2.75, 3.05) is 7.11 Å². The zero-order valence-corrected chi connectivity index (χ0v) is 10.00. The fourth-order valence-corrected chi connectivity index (χ4v) is 1.77. The molecular formula is C12H13N3O3. The molecular weight excluding hydrogens is 234 g/mol. The van der Waals surface area contributed by atoms with Crippen molar-refractivity contribution in [2.45, 2.75) is 25.3 Å². The van der Waals surface area contributed by atoms with Gasteiger partial charge in [-0.2, -0.15) is 0 Å². The van der Waals surface area contributed by atoms with Gasteiger partial charge in [0.25, 0.3) is 5.56 Å². The first-order valence-electron chi connectivity index (χ1n) is 5.83. The van der Waals surface area contributed by atoms with Gasteiger partial charge in [-0.15, -0.1) is 10.2 Å². The molecule has 94 valence electrons. The van der Waals surface area contributed by atoms with Crippen molar-refractivity contribution in [3.05, 3.63) is 40.5 Å². The van der Waals surface area contributed by atoms with Gasteiger partial charge in [0.1, 0.15) is 6.54 Å². The van der Waals surface area contributed by atoms with Gasteiger partial charge in [0, 0.05) is 12.1 Å². The van der Waals surface area contributed by atoms with E-state index in [1.807, 2.05) is 0 Å². The molecule has 0 aliphatic heterocycles. The first kappa shape index (κ1) is 11.0. The molecule has 1 saturated carbocycles. The Bertz CT molecular complexity index is 613. The van der Waals surface area contributed by atoms with Gasteiger partial charge >= 0.3 is 0 Å². The maximum absolute atomic E-state index is 11.9. The third kappa shape index (κ3) is 2.01. The average molecular weight is 247 g/mol. The first-order chi connectivity index (χ1) is 8.78. The predicted molar refractivity (Wildman–Crippen MR) is 62.6 cm³/mol. The van der Waals surface area contributed by atoms with E-state index in [-0.39, 0.29) is 12.1 Å². The van der Waals surface area contributed by atoms with E-state index in [2.05, 4.69) is 10.2 Å². The highest BCUT2D eigenvalue weighted by Crippen LogP contribution is 2.38. The van der Waals surface area contributed by atoms with Crippen LogP contribution in [0, 0.1) is 0 Å². The third-order valence-electron chi connectivity index (χ3n) is 2.92. The minimum atomic E-state index is -0.203. The normalized spacial score (nSPS) is 14.7. The smallest absolute Gasteiger partial charge is 0.293 e. The molecule has 1 aliphatic carbocycles. The fourth-order valence-electron chi connectivity index (χ4n) is 1.77. The molecule has 0 bridgehead atoms. The van der Waals surface area contributed by atoms with E-state index in [1.165, 1.54) is 11.7 Å². The summed E-state index contributed by atoms with van der Waals surface area (Å²) in [5.41, 5.74) is -0.203. The summed E-state index contributed by atoms with van der Waals surface area (Å²) in [5, 5.41) is 7.94. The van der Waals surface area contributed by atoms with E-state index < -0.39 is 0 Å². The summed E-state index contributed by atoms with van der Waals surface area (Å²) in [5.74, 6) is 1.86. The van der Waals surface area contributed by atoms with Gasteiger partial charge < -0.3 is 13.7 Å². The maximum Gasteiger partial charge on any atom is 0.293 e. The molecule has 0 aromatic carbocycles. The van der Waals surface area contributed by atoms with Gasteiger partial charge in [-0.05, 0) is 25.0 Å². The maximum atomic E-state index is 11.9. The standard InChI is InChI=1S/C12H13N3O3/c1-17-9-3-2-6-15(12(9)16)7-10-13-14-11(18-10)8-4-5-8/h2-3,6,8H,4-5,7H2,1H3. The number of aromatic nitrogens is 3. The Morgan fingerprint density at radius 1 is 1.50 bits per heavy atom. The summed E-state index contributed by atoms with van der Waals surface area (Å²) in [7, 11) is 1.47. The zero-order chi connectivity index (χ0) is 12.5. The van der Waals surface area contributed by atoms with Crippen LogP contribution in [0.4, 0.5) is 0 Å². The molecule has 0 unspecified atom stereocenters. The SMILES string of the molecule is COc1cccn(Cc2nnc(C3CC3)o2)c1=O. The summed E-state index contributed by atoms with van der Waals surface area (Å²) < 4.78 is 12.0. The van der Waals surface area contributed by atoms with Crippen LogP contribution in [0.5, 0.6) is 5.75 Å². The van der Waals surface area contributed by atoms with Crippen LogP contribution in [0.25, 0.3) is 0 Å². The molecule has 1 aliphatic rings. The first-order valence-corrected chi connectivity index (χ1v) is 5.83. The molecule has 0 spiro atoms. The largest absolute Gasteiger partial charge is 0.491 e. The molecule has 18 heavy (non-hydrogen) atoms. The van der Waals surface area contributed by atoms with Crippen LogP contribution < -0.4 is 10.3 Å². The van der Waals surface area contributed by atoms with Crippen molar-refractivity contribution in [3.8, 4) is 5.75 Å². The van der Waals surface area contributed by atoms with E-state index in [0.717, 1.165) is 12.8 Å². The van der Waals surface area contributed by atoms with Crippen LogP contribution in [0.3, 0.4) is 0 Å². The molecule has 0 radical (unpaired) electrons. The van der Waals surface area contributed by atoms with Gasteiger partial charge in [-0.1, -0.05) is 0 Å². The summed E-state index contributed by atoms with van der Waals surface area (Å²) in [4.78, 5) is 11.9. The summed E-state index contributed by atoms with van der Waals surface area (Å²) >= 11 is 0. The minimum absolute atomic E-state index is 0.203. The Kier molecular flexibility index (Phi) is 2.62. The predicted octanol–water partition coefficient (Wildman–Crippen LogP) is 1.17. The Morgan fingerprint density at radius 3 is 3.06 bits per heavy atom.